The zero-order chi connectivity index (χ0) is 19.9. The Kier molecular flexibility index (Phi) is 6.81. The number of ether oxygens (including phenoxy) is 1. The summed E-state index contributed by atoms with van der Waals surface area (Å²) in [5.41, 5.74) is 2.29. The van der Waals surface area contributed by atoms with Gasteiger partial charge in [-0.25, -0.2) is 9.97 Å². The van der Waals surface area contributed by atoms with E-state index in [9.17, 15) is 4.79 Å². The maximum atomic E-state index is 12.6. The highest BCUT2D eigenvalue weighted by Crippen LogP contribution is 2.24. The Morgan fingerprint density at radius 3 is 2.61 bits per heavy atom. The third-order valence-electron chi connectivity index (χ3n) is 4.96. The molecule has 0 bridgehead atoms. The van der Waals surface area contributed by atoms with Crippen molar-refractivity contribution in [3.05, 3.63) is 41.9 Å². The first kappa shape index (κ1) is 20.1. The summed E-state index contributed by atoms with van der Waals surface area (Å²) in [7, 11) is 1.64. The van der Waals surface area contributed by atoms with Gasteiger partial charge in [0.2, 0.25) is 0 Å². The lowest BCUT2D eigenvalue weighted by Crippen LogP contribution is -2.32. The molecule has 3 rings (SSSR count). The maximum Gasteiger partial charge on any atom is 0.274 e. The summed E-state index contributed by atoms with van der Waals surface area (Å²) in [5, 5.41) is 6.05. The van der Waals surface area contributed by atoms with E-state index in [0.717, 1.165) is 24.7 Å². The predicted molar refractivity (Wildman–Crippen MR) is 112 cm³/mol. The fourth-order valence-electron chi connectivity index (χ4n) is 3.27. The van der Waals surface area contributed by atoms with Gasteiger partial charge in [-0.1, -0.05) is 6.92 Å². The Bertz CT molecular complexity index is 786. The van der Waals surface area contributed by atoms with E-state index in [4.69, 9.17) is 4.74 Å². The molecular formula is C21H29N5O2. The molecule has 2 heterocycles. The van der Waals surface area contributed by atoms with Gasteiger partial charge in [-0.2, -0.15) is 0 Å². The van der Waals surface area contributed by atoms with Crippen LogP contribution in [0.2, 0.25) is 0 Å². The first-order valence-corrected chi connectivity index (χ1v) is 9.80. The van der Waals surface area contributed by atoms with Gasteiger partial charge in [0.05, 0.1) is 6.61 Å². The van der Waals surface area contributed by atoms with E-state index in [1.54, 1.807) is 20.1 Å². The fraction of sp³-hybridized carbons (Fsp3) is 0.476. The van der Waals surface area contributed by atoms with E-state index in [1.165, 1.54) is 18.5 Å². The van der Waals surface area contributed by atoms with Crippen LogP contribution in [0.4, 0.5) is 17.2 Å². The SMILES string of the molecule is COCCNc1cc(C(=O)Nc2ccc(N3CCC(C)CC3)cc2)nc(C)n1. The number of anilines is 3. The smallest absolute Gasteiger partial charge is 0.274 e. The number of carbonyl (C=O) groups excluding carboxylic acids is 1. The third-order valence-corrected chi connectivity index (χ3v) is 4.96. The van der Waals surface area contributed by atoms with Gasteiger partial charge in [0.25, 0.3) is 5.91 Å². The van der Waals surface area contributed by atoms with Crippen LogP contribution in [-0.2, 0) is 4.74 Å². The number of benzene rings is 1. The molecule has 7 heteroatoms. The molecule has 0 radical (unpaired) electrons. The van der Waals surface area contributed by atoms with Crippen LogP contribution < -0.4 is 15.5 Å². The Hall–Kier alpha value is -2.67. The van der Waals surface area contributed by atoms with E-state index in [2.05, 4.69) is 44.6 Å². The molecule has 1 aromatic carbocycles. The Morgan fingerprint density at radius 2 is 1.93 bits per heavy atom. The zero-order valence-electron chi connectivity index (χ0n) is 16.9. The molecule has 0 aliphatic carbocycles. The van der Waals surface area contributed by atoms with Crippen LogP contribution in [0.15, 0.2) is 30.3 Å². The van der Waals surface area contributed by atoms with Crippen molar-refractivity contribution < 1.29 is 9.53 Å². The molecule has 1 amide bonds. The van der Waals surface area contributed by atoms with Crippen LogP contribution in [-0.4, -0.2) is 49.2 Å². The number of nitrogens with zero attached hydrogens (tertiary/aromatic N) is 3. The van der Waals surface area contributed by atoms with Gasteiger partial charge in [0.15, 0.2) is 0 Å². The molecule has 2 N–H and O–H groups in total. The Balaban J connectivity index is 1.62. The summed E-state index contributed by atoms with van der Waals surface area (Å²) in [5.74, 6) is 1.71. The summed E-state index contributed by atoms with van der Waals surface area (Å²) in [6.45, 7) is 7.44. The van der Waals surface area contributed by atoms with Crippen molar-refractivity contribution in [2.24, 2.45) is 5.92 Å². The van der Waals surface area contributed by atoms with Gasteiger partial charge in [0, 0.05) is 44.2 Å². The fourth-order valence-corrected chi connectivity index (χ4v) is 3.27. The molecule has 1 saturated heterocycles. The van der Waals surface area contributed by atoms with Crippen LogP contribution in [0, 0.1) is 12.8 Å². The van der Waals surface area contributed by atoms with Crippen molar-refractivity contribution in [2.75, 3.05) is 48.9 Å². The minimum atomic E-state index is -0.250. The van der Waals surface area contributed by atoms with Crippen molar-refractivity contribution in [3.63, 3.8) is 0 Å². The summed E-state index contributed by atoms with van der Waals surface area (Å²) in [6, 6.07) is 9.67. The number of aryl methyl sites for hydroxylation is 1. The van der Waals surface area contributed by atoms with Gasteiger partial charge in [-0.3, -0.25) is 4.79 Å². The molecule has 0 spiro atoms. The molecule has 28 heavy (non-hydrogen) atoms. The average Bonchev–Trinajstić information content (AvgIpc) is 2.69. The number of piperidine rings is 1. The van der Waals surface area contributed by atoms with Crippen molar-refractivity contribution >= 4 is 23.1 Å². The Labute approximate surface area is 166 Å². The minimum Gasteiger partial charge on any atom is -0.383 e. The molecule has 0 atom stereocenters. The summed E-state index contributed by atoms with van der Waals surface area (Å²) in [6.07, 6.45) is 2.46. The van der Waals surface area contributed by atoms with Crippen LogP contribution in [0.5, 0.6) is 0 Å². The summed E-state index contributed by atoms with van der Waals surface area (Å²) >= 11 is 0. The highest BCUT2D eigenvalue weighted by atomic mass is 16.5. The lowest BCUT2D eigenvalue weighted by molar-refractivity contribution is 0.102. The first-order chi connectivity index (χ1) is 13.5. The minimum absolute atomic E-state index is 0.250. The number of carbonyl (C=O) groups is 1. The predicted octanol–water partition coefficient (Wildman–Crippen LogP) is 3.33. The van der Waals surface area contributed by atoms with Crippen molar-refractivity contribution in [1.82, 2.24) is 9.97 Å². The standard InChI is InChI=1S/C21H29N5O2/c1-15-8-11-26(12-9-15)18-6-4-17(5-7-18)25-21(27)19-14-20(22-10-13-28-3)24-16(2)23-19/h4-7,14-15H,8-13H2,1-3H3,(H,25,27)(H,22,23,24). The lowest BCUT2D eigenvalue weighted by Gasteiger charge is -2.32. The monoisotopic (exact) mass is 383 g/mol. The van der Waals surface area contributed by atoms with Gasteiger partial charge in [-0.15, -0.1) is 0 Å². The van der Waals surface area contributed by atoms with E-state index in [1.807, 2.05) is 12.1 Å². The van der Waals surface area contributed by atoms with Crippen LogP contribution >= 0.6 is 0 Å². The topological polar surface area (TPSA) is 79.4 Å². The van der Waals surface area contributed by atoms with Crippen molar-refractivity contribution in [2.45, 2.75) is 26.7 Å². The van der Waals surface area contributed by atoms with Crippen LogP contribution in [0.3, 0.4) is 0 Å². The van der Waals surface area contributed by atoms with Gasteiger partial charge < -0.3 is 20.3 Å². The maximum absolute atomic E-state index is 12.6. The molecule has 0 unspecified atom stereocenters. The second kappa shape index (κ2) is 9.50. The number of rotatable bonds is 7. The van der Waals surface area contributed by atoms with Gasteiger partial charge >= 0.3 is 0 Å². The molecule has 1 aliphatic rings. The summed E-state index contributed by atoms with van der Waals surface area (Å²) < 4.78 is 5.02. The normalized spacial score (nSPS) is 14.8. The van der Waals surface area contributed by atoms with E-state index >= 15 is 0 Å². The molecule has 150 valence electrons. The van der Waals surface area contributed by atoms with E-state index in [-0.39, 0.29) is 5.91 Å². The number of nitrogens with one attached hydrogen (secondary N) is 2. The Morgan fingerprint density at radius 1 is 1.21 bits per heavy atom. The molecule has 1 aromatic heterocycles. The summed E-state index contributed by atoms with van der Waals surface area (Å²) in [4.78, 5) is 23.6. The number of amides is 1. The highest BCUT2D eigenvalue weighted by molar-refractivity contribution is 6.03. The first-order valence-electron chi connectivity index (χ1n) is 9.80. The molecule has 2 aromatic rings. The third kappa shape index (κ3) is 5.42. The van der Waals surface area contributed by atoms with Gasteiger partial charge in [-0.05, 0) is 49.9 Å². The van der Waals surface area contributed by atoms with E-state index < -0.39 is 0 Å². The molecule has 0 saturated carbocycles. The van der Waals surface area contributed by atoms with Crippen LogP contribution in [0.25, 0.3) is 0 Å². The van der Waals surface area contributed by atoms with Crippen molar-refractivity contribution in [1.29, 1.82) is 0 Å². The second-order valence-corrected chi connectivity index (χ2v) is 7.28. The number of hydrogen-bond donors (Lipinski definition) is 2. The number of hydrogen-bond acceptors (Lipinski definition) is 6. The lowest BCUT2D eigenvalue weighted by atomic mass is 9.99. The van der Waals surface area contributed by atoms with E-state index in [0.29, 0.717) is 30.5 Å². The van der Waals surface area contributed by atoms with Crippen molar-refractivity contribution in [3.8, 4) is 0 Å². The van der Waals surface area contributed by atoms with Gasteiger partial charge in [0.1, 0.15) is 17.3 Å². The zero-order valence-corrected chi connectivity index (χ0v) is 16.9. The highest BCUT2D eigenvalue weighted by Gasteiger charge is 2.16. The van der Waals surface area contributed by atoms with Crippen LogP contribution in [0.1, 0.15) is 36.1 Å². The average molecular weight is 383 g/mol. The number of methoxy groups -OCH3 is 1. The molecule has 1 fully saturated rings. The number of aromatic nitrogens is 2. The quantitative estimate of drug-likeness (QED) is 0.714. The molecule has 7 nitrogen and oxygen atoms in total. The largest absolute Gasteiger partial charge is 0.383 e. The molecular weight excluding hydrogens is 354 g/mol. The molecule has 1 aliphatic heterocycles. The second-order valence-electron chi connectivity index (χ2n) is 7.28.